The molecule has 38 heavy (non-hydrogen) atoms. The maximum Gasteiger partial charge on any atom is 1.00 e. The number of amides is 1. The molecule has 1 aliphatic heterocycles. The molecule has 194 valence electrons. The molecule has 3 aromatic carbocycles. The molecule has 1 amide bonds. The van der Waals surface area contributed by atoms with Crippen LogP contribution in [0.15, 0.2) is 54.6 Å². The number of carbonyl (C=O) groups is 1. The third-order valence-corrected chi connectivity index (χ3v) is 7.72. The van der Waals surface area contributed by atoms with Crippen molar-refractivity contribution in [1.29, 1.82) is 0 Å². The summed E-state index contributed by atoms with van der Waals surface area (Å²) in [5.74, 6) is -0.0235. The molecule has 0 unspecified atom stereocenters. The number of halogens is 3. The van der Waals surface area contributed by atoms with Gasteiger partial charge >= 0.3 is 64.5 Å². The summed E-state index contributed by atoms with van der Waals surface area (Å²) >= 11 is 0. The van der Waals surface area contributed by atoms with Crippen molar-refractivity contribution in [1.82, 2.24) is 4.90 Å². The van der Waals surface area contributed by atoms with E-state index < -0.39 is 18.5 Å². The van der Waals surface area contributed by atoms with Crippen molar-refractivity contribution in [2.24, 2.45) is 5.73 Å². The zero-order valence-electron chi connectivity index (χ0n) is 22.0. The van der Waals surface area contributed by atoms with E-state index in [2.05, 4.69) is 24.3 Å². The summed E-state index contributed by atoms with van der Waals surface area (Å²) in [6.07, 6.45) is -0.398. The maximum absolute atomic E-state index is 13.7. The summed E-state index contributed by atoms with van der Waals surface area (Å²) in [6.45, 7) is 0.0328. The number of ether oxygens (including phenoxy) is 1. The van der Waals surface area contributed by atoms with Crippen LogP contribution in [0.25, 0.3) is 11.1 Å². The van der Waals surface area contributed by atoms with Crippen molar-refractivity contribution in [3.63, 3.8) is 0 Å². The number of piperazine rings is 1. The third-order valence-electron chi connectivity index (χ3n) is 7.72. The molecule has 3 aromatic rings. The molecule has 0 bridgehead atoms. The predicted octanol–water partition coefficient (Wildman–Crippen LogP) is 1.89. The Morgan fingerprint density at radius 1 is 0.947 bits per heavy atom. The Balaban J connectivity index is 0.00000336. The molecule has 1 saturated heterocycles. The fourth-order valence-corrected chi connectivity index (χ4v) is 5.80. The van der Waals surface area contributed by atoms with Crippen LogP contribution in [-0.2, 0) is 11.3 Å². The van der Waals surface area contributed by atoms with Gasteiger partial charge in [-0.15, -0.1) is 5.46 Å². The van der Waals surface area contributed by atoms with Gasteiger partial charge in [-0.3, -0.25) is 0 Å². The number of carbonyl (C=O) groups excluding carboxylic acids is 1. The zero-order valence-corrected chi connectivity index (χ0v) is 25.1. The molecule has 0 spiro atoms. The summed E-state index contributed by atoms with van der Waals surface area (Å²) in [7, 11) is 0. The van der Waals surface area contributed by atoms with Gasteiger partial charge in [0.15, 0.2) is 0 Å². The summed E-state index contributed by atoms with van der Waals surface area (Å²) in [5.41, 5.74) is 11.8. The smallest absolute Gasteiger partial charge is 0.448 e. The average Bonchev–Trinajstić information content (AvgIpc) is 3.21. The molecule has 10 heteroatoms. The Morgan fingerprint density at radius 3 is 2.03 bits per heavy atom. The summed E-state index contributed by atoms with van der Waals surface area (Å²) in [6, 6.07) is 17.5. The number of anilines is 1. The van der Waals surface area contributed by atoms with E-state index in [4.69, 9.17) is 10.5 Å². The van der Waals surface area contributed by atoms with Crippen LogP contribution < -0.4 is 67.5 Å². The first-order valence-corrected chi connectivity index (χ1v) is 12.6. The van der Waals surface area contributed by atoms with Gasteiger partial charge in [0.05, 0.1) is 0 Å². The molecule has 1 heterocycles. The van der Waals surface area contributed by atoms with Gasteiger partial charge in [-0.05, 0) is 47.2 Å². The second-order valence-corrected chi connectivity index (χ2v) is 9.78. The van der Waals surface area contributed by atoms with Crippen LogP contribution in [-0.4, -0.2) is 50.8 Å². The van der Waals surface area contributed by atoms with E-state index in [1.54, 1.807) is 4.90 Å². The van der Waals surface area contributed by atoms with Gasteiger partial charge in [-0.1, -0.05) is 60.2 Å². The van der Waals surface area contributed by atoms with E-state index in [9.17, 15) is 17.7 Å². The van der Waals surface area contributed by atoms with Crippen molar-refractivity contribution in [2.75, 3.05) is 37.7 Å². The van der Waals surface area contributed by atoms with E-state index in [1.807, 2.05) is 36.1 Å². The number of benzene rings is 3. The van der Waals surface area contributed by atoms with Gasteiger partial charge in [0.2, 0.25) is 0 Å². The Kier molecular flexibility index (Phi) is 9.01. The summed E-state index contributed by atoms with van der Waals surface area (Å²) in [4.78, 5) is 16.5. The van der Waals surface area contributed by atoms with Crippen molar-refractivity contribution in [3.05, 3.63) is 82.4 Å². The van der Waals surface area contributed by atoms with E-state index in [1.165, 1.54) is 13.0 Å². The van der Waals surface area contributed by atoms with Gasteiger partial charge in [-0.2, -0.15) is 0 Å². The first kappa shape index (κ1) is 29.2. The predicted molar refractivity (Wildman–Crippen MR) is 141 cm³/mol. The number of nitrogens with zero attached hydrogens (tertiary/aromatic N) is 2. The largest absolute Gasteiger partial charge is 1.00 e. The molecule has 0 radical (unpaired) electrons. The fraction of sp³-hybridized carbons (Fsp3) is 0.321. The SMILES string of the molecule is Cc1c(CN)cc([B-](F)(F)F)c(C)c1N1CCN(C(=O)OCC2c3ccccc3-c3ccccc32)CC1.[K+]. The number of rotatable bonds is 5. The monoisotopic (exact) mass is 547 g/mol. The number of nitrogens with two attached hydrogens (primary N) is 1. The quantitative estimate of drug-likeness (QED) is 0.496. The van der Waals surface area contributed by atoms with E-state index in [-0.39, 0.29) is 76.0 Å². The minimum atomic E-state index is -5.16. The maximum atomic E-state index is 13.7. The summed E-state index contributed by atoms with van der Waals surface area (Å²) < 4.78 is 47.0. The molecule has 0 atom stereocenters. The molecular weight excluding hydrogens is 517 g/mol. The normalized spacial score (nSPS) is 15.1. The van der Waals surface area contributed by atoms with E-state index >= 15 is 0 Å². The van der Waals surface area contributed by atoms with Crippen molar-refractivity contribution < 1.29 is 73.9 Å². The Hall–Kier alpha value is -1.82. The van der Waals surface area contributed by atoms with Crippen LogP contribution in [0, 0.1) is 13.8 Å². The van der Waals surface area contributed by atoms with Crippen molar-refractivity contribution >= 4 is 24.2 Å². The van der Waals surface area contributed by atoms with Crippen LogP contribution in [0.3, 0.4) is 0 Å². The third kappa shape index (κ3) is 5.44. The first-order valence-electron chi connectivity index (χ1n) is 12.6. The molecule has 5 rings (SSSR count). The Morgan fingerprint density at radius 2 is 1.50 bits per heavy atom. The second-order valence-electron chi connectivity index (χ2n) is 9.78. The van der Waals surface area contributed by atoms with E-state index in [0.717, 1.165) is 27.8 Å². The van der Waals surface area contributed by atoms with Crippen molar-refractivity contribution in [2.45, 2.75) is 26.3 Å². The van der Waals surface area contributed by atoms with Gasteiger partial charge < -0.3 is 33.2 Å². The standard InChI is InChI=1S/C28H30BF3N3O2.K/c1-18-20(16-33)15-26(29(30,31)32)19(2)27(18)34-11-13-35(14-12-34)28(36)37-17-25-23-9-5-3-7-21(23)22-8-4-6-10-24(22)25;/h3-10,15,25H,11-14,16-17,33H2,1-2H3;/q-1;+1. The van der Waals surface area contributed by atoms with Crippen LogP contribution in [0.1, 0.15) is 33.7 Å². The summed E-state index contributed by atoms with van der Waals surface area (Å²) in [5, 5.41) is 0. The topological polar surface area (TPSA) is 58.8 Å². The fourth-order valence-electron chi connectivity index (χ4n) is 5.80. The van der Waals surface area contributed by atoms with Gasteiger partial charge in [0.1, 0.15) is 6.61 Å². The minimum absolute atomic E-state index is 0. The number of hydrogen-bond donors (Lipinski definition) is 1. The van der Waals surface area contributed by atoms with Gasteiger partial charge in [0.25, 0.3) is 0 Å². The van der Waals surface area contributed by atoms with Gasteiger partial charge in [-0.25, -0.2) is 4.79 Å². The zero-order chi connectivity index (χ0) is 26.3. The molecule has 1 aliphatic carbocycles. The molecule has 5 nitrogen and oxygen atoms in total. The van der Waals surface area contributed by atoms with Crippen LogP contribution in [0.5, 0.6) is 0 Å². The van der Waals surface area contributed by atoms with Crippen molar-refractivity contribution in [3.8, 4) is 11.1 Å². The van der Waals surface area contributed by atoms with Crippen LogP contribution >= 0.6 is 0 Å². The molecule has 1 fully saturated rings. The molecular formula is C28H30BF3KN3O2. The van der Waals surface area contributed by atoms with E-state index in [0.29, 0.717) is 37.4 Å². The molecule has 0 saturated carbocycles. The number of fused-ring (bicyclic) bond motifs is 3. The van der Waals surface area contributed by atoms with Gasteiger partial charge in [0, 0.05) is 44.3 Å². The molecule has 2 aliphatic rings. The Bertz CT molecular complexity index is 1300. The second kappa shape index (κ2) is 11.7. The van der Waals surface area contributed by atoms with Crippen LogP contribution in [0.2, 0.25) is 0 Å². The Labute approximate surface area is 264 Å². The number of hydrogen-bond acceptors (Lipinski definition) is 4. The molecule has 2 N–H and O–H groups in total. The first-order chi connectivity index (χ1) is 17.7. The molecule has 0 aromatic heterocycles. The average molecular weight is 547 g/mol. The minimum Gasteiger partial charge on any atom is -0.448 e. The van der Waals surface area contributed by atoms with Crippen LogP contribution in [0.4, 0.5) is 23.4 Å².